The molecule has 0 heterocycles. The van der Waals surface area contributed by atoms with E-state index in [4.69, 9.17) is 0 Å². The number of phenols is 2. The van der Waals surface area contributed by atoms with Crippen LogP contribution in [0.5, 0.6) is 11.5 Å². The first-order chi connectivity index (χ1) is 9.79. The summed E-state index contributed by atoms with van der Waals surface area (Å²) in [6.45, 7) is 2.19. The number of rotatable bonds is 3. The predicted octanol–water partition coefficient (Wildman–Crippen LogP) is 5.86. The van der Waals surface area contributed by atoms with Crippen LogP contribution in [0.2, 0.25) is 0 Å². The van der Waals surface area contributed by atoms with Gasteiger partial charge in [0, 0.05) is 0 Å². The average molecular weight is 732 g/mol. The highest BCUT2D eigenvalue weighted by molar-refractivity contribution is 14.1. The third kappa shape index (κ3) is 4.49. The predicted molar refractivity (Wildman–Crippen MR) is 119 cm³/mol. The molecule has 0 radical (unpaired) electrons. The van der Waals surface area contributed by atoms with Gasteiger partial charge in [-0.05, 0) is 138 Å². The van der Waals surface area contributed by atoms with E-state index >= 15 is 0 Å². The first-order valence-corrected chi connectivity index (χ1v) is 10.5. The lowest BCUT2D eigenvalue weighted by Gasteiger charge is -2.15. The molecule has 1 unspecified atom stereocenters. The Labute approximate surface area is 178 Å². The summed E-state index contributed by atoms with van der Waals surface area (Å²) >= 11 is 8.65. The largest absolute Gasteiger partial charge is 0.506 e. The summed E-state index contributed by atoms with van der Waals surface area (Å²) in [5.74, 6) is 1.07. The molecule has 0 saturated heterocycles. The van der Waals surface area contributed by atoms with E-state index in [1.807, 2.05) is 24.3 Å². The molecule has 0 fully saturated rings. The van der Waals surface area contributed by atoms with Gasteiger partial charge in [0.1, 0.15) is 11.5 Å². The zero-order valence-corrected chi connectivity index (χ0v) is 19.6. The van der Waals surface area contributed by atoms with Crippen LogP contribution in [0, 0.1) is 14.3 Å². The molecule has 0 bridgehead atoms. The highest BCUT2D eigenvalue weighted by atomic mass is 127. The van der Waals surface area contributed by atoms with Crippen molar-refractivity contribution >= 4 is 90.4 Å². The molecule has 0 aromatic heterocycles. The van der Waals surface area contributed by atoms with Crippen molar-refractivity contribution in [2.75, 3.05) is 0 Å². The van der Waals surface area contributed by atoms with Crippen molar-refractivity contribution in [2.45, 2.75) is 19.3 Å². The van der Waals surface area contributed by atoms with Crippen LogP contribution in [0.3, 0.4) is 0 Å². The van der Waals surface area contributed by atoms with Crippen molar-refractivity contribution in [3.05, 3.63) is 49.7 Å². The molecule has 2 aromatic rings. The highest BCUT2D eigenvalue weighted by Gasteiger charge is 2.13. The van der Waals surface area contributed by atoms with Crippen molar-refractivity contribution in [3.63, 3.8) is 0 Å². The Morgan fingerprint density at radius 1 is 0.810 bits per heavy atom. The lowest BCUT2D eigenvalue weighted by molar-refractivity contribution is 0.466. The van der Waals surface area contributed by atoms with Crippen LogP contribution in [0.15, 0.2) is 24.3 Å². The molecule has 2 nitrogen and oxygen atoms in total. The van der Waals surface area contributed by atoms with E-state index in [0.29, 0.717) is 17.4 Å². The Bertz CT molecular complexity index is 639. The molecule has 0 saturated carbocycles. The molecule has 112 valence electrons. The maximum atomic E-state index is 9.86. The fraction of sp³-hybridized carbons (Fsp3) is 0.200. The first-order valence-electron chi connectivity index (χ1n) is 6.14. The summed E-state index contributed by atoms with van der Waals surface area (Å²) in [6, 6.07) is 8.15. The monoisotopic (exact) mass is 732 g/mol. The quantitative estimate of drug-likeness (QED) is 0.389. The molecule has 21 heavy (non-hydrogen) atoms. The minimum atomic E-state index is 0.351. The van der Waals surface area contributed by atoms with Crippen molar-refractivity contribution in [1.29, 1.82) is 0 Å². The summed E-state index contributed by atoms with van der Waals surface area (Å²) in [4.78, 5) is 0. The van der Waals surface area contributed by atoms with Crippen LogP contribution in [0.4, 0.5) is 0 Å². The van der Waals surface area contributed by atoms with Crippen LogP contribution in [-0.2, 0) is 6.42 Å². The highest BCUT2D eigenvalue weighted by Crippen LogP contribution is 2.33. The van der Waals surface area contributed by atoms with Gasteiger partial charge < -0.3 is 10.2 Å². The maximum Gasteiger partial charge on any atom is 0.142 e. The van der Waals surface area contributed by atoms with Gasteiger partial charge in [-0.3, -0.25) is 0 Å². The second-order valence-corrected chi connectivity index (χ2v) is 9.50. The summed E-state index contributed by atoms with van der Waals surface area (Å²) in [6.07, 6.45) is 0.906. The molecule has 1 atom stereocenters. The van der Waals surface area contributed by atoms with Gasteiger partial charge in [0.05, 0.1) is 14.3 Å². The zero-order valence-electron chi connectivity index (χ0n) is 11.0. The van der Waals surface area contributed by atoms with Gasteiger partial charge in [-0.2, -0.15) is 0 Å². The van der Waals surface area contributed by atoms with Crippen molar-refractivity contribution in [2.24, 2.45) is 0 Å². The van der Waals surface area contributed by atoms with Gasteiger partial charge in [0.25, 0.3) is 0 Å². The minimum absolute atomic E-state index is 0.351. The molecule has 6 heteroatoms. The van der Waals surface area contributed by atoms with E-state index in [1.54, 1.807) is 0 Å². The van der Waals surface area contributed by atoms with Crippen LogP contribution in [0.25, 0.3) is 0 Å². The molecule has 2 aromatic carbocycles. The second kappa shape index (κ2) is 7.69. The van der Waals surface area contributed by atoms with Crippen LogP contribution >= 0.6 is 90.4 Å². The SMILES string of the molecule is CC(Cc1cc(I)c(O)c(I)c1)c1cc(I)c(O)c(I)c1. The van der Waals surface area contributed by atoms with Crippen LogP contribution < -0.4 is 0 Å². The second-order valence-electron chi connectivity index (χ2n) is 4.85. The molecule has 0 amide bonds. The summed E-state index contributed by atoms with van der Waals surface area (Å²) < 4.78 is 3.54. The zero-order chi connectivity index (χ0) is 15.7. The Balaban J connectivity index is 2.28. The average Bonchev–Trinajstić information content (AvgIpc) is 2.41. The molecule has 0 aliphatic carbocycles. The van der Waals surface area contributed by atoms with Crippen LogP contribution in [0.1, 0.15) is 24.0 Å². The smallest absolute Gasteiger partial charge is 0.142 e. The minimum Gasteiger partial charge on any atom is -0.506 e. The Kier molecular flexibility index (Phi) is 6.70. The molecular weight excluding hydrogens is 720 g/mol. The summed E-state index contributed by atoms with van der Waals surface area (Å²) in [5, 5.41) is 19.7. The van der Waals surface area contributed by atoms with Gasteiger partial charge in [0.2, 0.25) is 0 Å². The van der Waals surface area contributed by atoms with E-state index in [0.717, 1.165) is 20.7 Å². The van der Waals surface area contributed by atoms with Gasteiger partial charge >= 0.3 is 0 Å². The fourth-order valence-electron chi connectivity index (χ4n) is 2.08. The van der Waals surface area contributed by atoms with E-state index < -0.39 is 0 Å². The topological polar surface area (TPSA) is 40.5 Å². The number of halogens is 4. The van der Waals surface area contributed by atoms with Crippen LogP contribution in [-0.4, -0.2) is 10.2 Å². The molecule has 0 aliphatic rings. The van der Waals surface area contributed by atoms with E-state index in [-0.39, 0.29) is 0 Å². The maximum absolute atomic E-state index is 9.86. The summed E-state index contributed by atoms with van der Waals surface area (Å²) in [5.41, 5.74) is 2.44. The fourth-order valence-corrected chi connectivity index (χ4v) is 5.79. The number of benzene rings is 2. The first kappa shape index (κ1) is 18.3. The van der Waals surface area contributed by atoms with Gasteiger partial charge in [-0.15, -0.1) is 0 Å². The van der Waals surface area contributed by atoms with Crippen molar-refractivity contribution in [1.82, 2.24) is 0 Å². The number of hydrogen-bond acceptors (Lipinski definition) is 2. The number of hydrogen-bond donors (Lipinski definition) is 2. The van der Waals surface area contributed by atoms with E-state index in [2.05, 4.69) is 97.3 Å². The summed E-state index contributed by atoms with van der Waals surface area (Å²) in [7, 11) is 0. The molecule has 2 N–H and O–H groups in total. The third-order valence-corrected chi connectivity index (χ3v) is 6.52. The Morgan fingerprint density at radius 3 is 1.62 bits per heavy atom. The normalized spacial score (nSPS) is 12.4. The molecule has 0 aliphatic heterocycles. The third-order valence-electron chi connectivity index (χ3n) is 3.23. The van der Waals surface area contributed by atoms with Gasteiger partial charge in [-0.1, -0.05) is 6.92 Å². The molecule has 2 rings (SSSR count). The molecular formula is C15H12I4O2. The number of phenolic OH excluding ortho intramolecular Hbond substituents is 2. The lowest BCUT2D eigenvalue weighted by atomic mass is 9.94. The van der Waals surface area contributed by atoms with Crippen molar-refractivity contribution < 1.29 is 10.2 Å². The van der Waals surface area contributed by atoms with E-state index in [1.165, 1.54) is 11.1 Å². The Morgan fingerprint density at radius 2 is 1.19 bits per heavy atom. The molecule has 0 spiro atoms. The lowest BCUT2D eigenvalue weighted by Crippen LogP contribution is -2.01. The van der Waals surface area contributed by atoms with Gasteiger partial charge in [0.15, 0.2) is 0 Å². The van der Waals surface area contributed by atoms with Crippen molar-refractivity contribution in [3.8, 4) is 11.5 Å². The Hall–Kier alpha value is 0.960. The van der Waals surface area contributed by atoms with E-state index in [9.17, 15) is 10.2 Å². The standard InChI is InChI=1S/C15H12I4O2/c1-7(9-5-12(18)15(21)13(19)6-9)2-8-3-10(16)14(20)11(17)4-8/h3-7,20-21H,2H2,1H3. The number of aromatic hydroxyl groups is 2. The van der Waals surface area contributed by atoms with Gasteiger partial charge in [-0.25, -0.2) is 0 Å².